The summed E-state index contributed by atoms with van der Waals surface area (Å²) in [5, 5.41) is 14.2. The van der Waals surface area contributed by atoms with Gasteiger partial charge in [-0.3, -0.25) is 10.1 Å². The molecule has 0 atom stereocenters. The van der Waals surface area contributed by atoms with Crippen LogP contribution in [0.15, 0.2) is 18.2 Å². The first-order valence-corrected chi connectivity index (χ1v) is 8.35. The molecular formula is C15H21IN2O2. The minimum Gasteiger partial charge on any atom is -0.384 e. The van der Waals surface area contributed by atoms with E-state index in [-0.39, 0.29) is 10.6 Å². The minimum atomic E-state index is -0.349. The number of hydrogen-bond donors (Lipinski definition) is 1. The van der Waals surface area contributed by atoms with E-state index in [0.29, 0.717) is 0 Å². The van der Waals surface area contributed by atoms with Gasteiger partial charge in [-0.2, -0.15) is 0 Å². The highest BCUT2D eigenvalue weighted by molar-refractivity contribution is 14.1. The average Bonchev–Trinajstić information content (AvgIpc) is 2.46. The number of nitrogens with zero attached hydrogens (tertiary/aromatic N) is 1. The molecule has 0 unspecified atom stereocenters. The van der Waals surface area contributed by atoms with E-state index in [9.17, 15) is 10.1 Å². The summed E-state index contributed by atoms with van der Waals surface area (Å²) in [6.45, 7) is 3.26. The van der Waals surface area contributed by atoms with Crippen LogP contribution in [0.25, 0.3) is 0 Å². The number of nitro groups is 1. The zero-order chi connectivity index (χ0) is 14.5. The van der Waals surface area contributed by atoms with Crippen LogP contribution in [0.3, 0.4) is 0 Å². The van der Waals surface area contributed by atoms with Crippen LogP contribution in [0, 0.1) is 25.5 Å². The predicted molar refractivity (Wildman–Crippen MR) is 90.0 cm³/mol. The molecular weight excluding hydrogens is 367 g/mol. The van der Waals surface area contributed by atoms with Gasteiger partial charge in [-0.1, -0.05) is 26.2 Å². The molecule has 0 aromatic heterocycles. The molecule has 0 amide bonds. The number of nitro benzene ring substituents is 1. The van der Waals surface area contributed by atoms with E-state index in [1.54, 1.807) is 12.1 Å². The second kappa shape index (κ2) is 7.24. The number of anilines is 1. The van der Waals surface area contributed by atoms with Crippen LogP contribution < -0.4 is 5.32 Å². The highest BCUT2D eigenvalue weighted by atomic mass is 127. The lowest BCUT2D eigenvalue weighted by Crippen LogP contribution is -2.21. The van der Waals surface area contributed by atoms with Crippen molar-refractivity contribution in [3.63, 3.8) is 0 Å². The fourth-order valence-electron chi connectivity index (χ4n) is 2.86. The van der Waals surface area contributed by atoms with Gasteiger partial charge in [-0.25, -0.2) is 0 Å². The van der Waals surface area contributed by atoms with Crippen LogP contribution in [0.2, 0.25) is 0 Å². The molecule has 0 heterocycles. The van der Waals surface area contributed by atoms with Crippen molar-refractivity contribution >= 4 is 34.0 Å². The molecule has 1 aliphatic rings. The van der Waals surface area contributed by atoms with Crippen LogP contribution in [0.5, 0.6) is 0 Å². The Kier molecular flexibility index (Phi) is 5.63. The third-order valence-electron chi connectivity index (χ3n) is 4.29. The summed E-state index contributed by atoms with van der Waals surface area (Å²) in [6, 6.07) is 5.01. The summed E-state index contributed by atoms with van der Waals surface area (Å²) in [7, 11) is 0. The van der Waals surface area contributed by atoms with Crippen LogP contribution >= 0.6 is 22.6 Å². The van der Waals surface area contributed by atoms with E-state index in [2.05, 4.69) is 34.8 Å². The van der Waals surface area contributed by atoms with Gasteiger partial charge in [0, 0.05) is 27.9 Å². The van der Waals surface area contributed by atoms with E-state index in [4.69, 9.17) is 0 Å². The lowest BCUT2D eigenvalue weighted by molar-refractivity contribution is -0.384. The topological polar surface area (TPSA) is 55.2 Å². The van der Waals surface area contributed by atoms with E-state index in [1.165, 1.54) is 32.1 Å². The molecule has 0 radical (unpaired) electrons. The molecule has 110 valence electrons. The molecule has 0 saturated heterocycles. The summed E-state index contributed by atoms with van der Waals surface area (Å²) in [5.74, 6) is 1.66. The Balaban J connectivity index is 1.87. The summed E-state index contributed by atoms with van der Waals surface area (Å²) < 4.78 is 0.916. The Morgan fingerprint density at radius 3 is 2.50 bits per heavy atom. The first kappa shape index (κ1) is 15.5. The predicted octanol–water partition coefficient (Wildman–Crippen LogP) is 4.83. The zero-order valence-corrected chi connectivity index (χ0v) is 13.9. The second-order valence-electron chi connectivity index (χ2n) is 5.60. The first-order valence-electron chi connectivity index (χ1n) is 7.28. The molecule has 1 aromatic rings. The third-order valence-corrected chi connectivity index (χ3v) is 5.18. The molecule has 0 spiro atoms. The van der Waals surface area contributed by atoms with Crippen LogP contribution in [-0.2, 0) is 0 Å². The molecule has 5 heteroatoms. The maximum atomic E-state index is 10.7. The molecule has 0 aliphatic heterocycles. The number of benzene rings is 1. The quantitative estimate of drug-likeness (QED) is 0.447. The Morgan fingerprint density at radius 1 is 1.30 bits per heavy atom. The van der Waals surface area contributed by atoms with Crippen molar-refractivity contribution in [1.29, 1.82) is 0 Å². The van der Waals surface area contributed by atoms with Crippen molar-refractivity contribution in [2.75, 3.05) is 11.9 Å². The molecule has 1 saturated carbocycles. The van der Waals surface area contributed by atoms with E-state index in [0.717, 1.165) is 27.6 Å². The molecule has 0 bridgehead atoms. The highest BCUT2D eigenvalue weighted by Gasteiger charge is 2.20. The third kappa shape index (κ3) is 4.07. The smallest absolute Gasteiger partial charge is 0.270 e. The molecule has 1 fully saturated rings. The zero-order valence-electron chi connectivity index (χ0n) is 11.8. The molecule has 1 aromatic carbocycles. The van der Waals surface area contributed by atoms with Gasteiger partial charge >= 0.3 is 0 Å². The fraction of sp³-hybridized carbons (Fsp3) is 0.600. The Bertz CT molecular complexity index is 471. The Hall–Kier alpha value is -0.850. The molecule has 20 heavy (non-hydrogen) atoms. The maximum Gasteiger partial charge on any atom is 0.270 e. The van der Waals surface area contributed by atoms with Crippen molar-refractivity contribution in [1.82, 2.24) is 0 Å². The van der Waals surface area contributed by atoms with Crippen LogP contribution in [0.1, 0.15) is 39.0 Å². The highest BCUT2D eigenvalue weighted by Crippen LogP contribution is 2.31. The summed E-state index contributed by atoms with van der Waals surface area (Å²) in [6.07, 6.45) is 6.60. The first-order chi connectivity index (χ1) is 9.60. The van der Waals surface area contributed by atoms with Gasteiger partial charge in [0.05, 0.1) is 4.92 Å². The number of nitrogens with one attached hydrogen (secondary N) is 1. The normalized spacial score (nSPS) is 22.5. The monoisotopic (exact) mass is 388 g/mol. The SMILES string of the molecule is CCC1CCC(CNc2ccc([N+](=O)[O-])cc2I)CC1. The van der Waals surface area contributed by atoms with E-state index in [1.807, 2.05) is 6.07 Å². The van der Waals surface area contributed by atoms with Gasteiger partial charge in [0.25, 0.3) is 5.69 Å². The van der Waals surface area contributed by atoms with Gasteiger partial charge in [0.2, 0.25) is 0 Å². The summed E-state index contributed by atoms with van der Waals surface area (Å²) in [5.41, 5.74) is 1.16. The van der Waals surface area contributed by atoms with Gasteiger partial charge in [-0.05, 0) is 53.3 Å². The van der Waals surface area contributed by atoms with Crippen molar-refractivity contribution in [2.24, 2.45) is 11.8 Å². The van der Waals surface area contributed by atoms with Crippen LogP contribution in [-0.4, -0.2) is 11.5 Å². The van der Waals surface area contributed by atoms with Crippen LogP contribution in [0.4, 0.5) is 11.4 Å². The fourth-order valence-corrected chi connectivity index (χ4v) is 3.55. The van der Waals surface area contributed by atoms with Crippen molar-refractivity contribution < 1.29 is 4.92 Å². The van der Waals surface area contributed by atoms with Crippen molar-refractivity contribution in [2.45, 2.75) is 39.0 Å². The van der Waals surface area contributed by atoms with Crippen molar-refractivity contribution in [3.8, 4) is 0 Å². The van der Waals surface area contributed by atoms with E-state index < -0.39 is 0 Å². The van der Waals surface area contributed by atoms with Gasteiger partial charge < -0.3 is 5.32 Å². The standard InChI is InChI=1S/C15H21IN2O2/c1-2-11-3-5-12(6-4-11)10-17-15-8-7-13(18(19)20)9-14(15)16/h7-9,11-12,17H,2-6,10H2,1H3. The molecule has 4 nitrogen and oxygen atoms in total. The number of hydrogen-bond acceptors (Lipinski definition) is 3. The van der Waals surface area contributed by atoms with Gasteiger partial charge in [-0.15, -0.1) is 0 Å². The summed E-state index contributed by atoms with van der Waals surface area (Å²) in [4.78, 5) is 10.4. The summed E-state index contributed by atoms with van der Waals surface area (Å²) >= 11 is 2.16. The molecule has 2 rings (SSSR count). The number of rotatable bonds is 5. The molecule has 1 aliphatic carbocycles. The lowest BCUT2D eigenvalue weighted by Gasteiger charge is -2.28. The Labute approximate surface area is 133 Å². The molecule has 1 N–H and O–H groups in total. The maximum absolute atomic E-state index is 10.7. The largest absolute Gasteiger partial charge is 0.384 e. The van der Waals surface area contributed by atoms with Crippen molar-refractivity contribution in [3.05, 3.63) is 31.9 Å². The van der Waals surface area contributed by atoms with E-state index >= 15 is 0 Å². The number of halogens is 1. The van der Waals surface area contributed by atoms with Gasteiger partial charge in [0.15, 0.2) is 0 Å². The lowest BCUT2D eigenvalue weighted by atomic mass is 9.81. The average molecular weight is 388 g/mol. The minimum absolute atomic E-state index is 0.156. The van der Waals surface area contributed by atoms with Gasteiger partial charge in [0.1, 0.15) is 0 Å². The Morgan fingerprint density at radius 2 is 1.95 bits per heavy atom. The number of non-ortho nitro benzene ring substituents is 1. The second-order valence-corrected chi connectivity index (χ2v) is 6.76.